The van der Waals surface area contributed by atoms with Crippen LogP contribution in [0.1, 0.15) is 45.0 Å². The molecule has 2 N–H and O–H groups in total. The monoisotopic (exact) mass is 307 g/mol. The summed E-state index contributed by atoms with van der Waals surface area (Å²) >= 11 is 0. The summed E-state index contributed by atoms with van der Waals surface area (Å²) < 4.78 is 20.1. The maximum absolute atomic E-state index is 13.4. The van der Waals surface area contributed by atoms with Crippen LogP contribution in [-0.4, -0.2) is 22.1 Å². The number of nitrogens with two attached hydrogens (primary N) is 1. The summed E-state index contributed by atoms with van der Waals surface area (Å²) in [5, 5.41) is 0. The van der Waals surface area contributed by atoms with Gasteiger partial charge in [-0.25, -0.2) is 9.37 Å². The number of fused-ring (bicyclic) bond motifs is 1. The number of nitrogens with zero attached hydrogens (tertiary/aromatic N) is 2. The van der Waals surface area contributed by atoms with E-state index in [1.54, 1.807) is 17.6 Å². The van der Waals surface area contributed by atoms with Crippen LogP contribution < -0.4 is 5.73 Å². The SMILES string of the molecule is CCCCC(N)c1nc2cc(F)ccc2n1CC(=O)OCC. The first-order chi connectivity index (χ1) is 10.6. The zero-order valence-corrected chi connectivity index (χ0v) is 13.0. The van der Waals surface area contributed by atoms with Crippen molar-refractivity contribution in [2.75, 3.05) is 6.61 Å². The zero-order valence-electron chi connectivity index (χ0n) is 13.0. The highest BCUT2D eigenvalue weighted by molar-refractivity contribution is 5.79. The van der Waals surface area contributed by atoms with Gasteiger partial charge in [-0.2, -0.15) is 0 Å². The molecule has 2 rings (SSSR count). The molecule has 120 valence electrons. The van der Waals surface area contributed by atoms with Crippen molar-refractivity contribution in [1.82, 2.24) is 9.55 Å². The molecule has 0 fully saturated rings. The van der Waals surface area contributed by atoms with E-state index in [1.165, 1.54) is 12.1 Å². The number of unbranched alkanes of at least 4 members (excludes halogenated alkanes) is 1. The summed E-state index contributed by atoms with van der Waals surface area (Å²) in [6.07, 6.45) is 2.77. The van der Waals surface area contributed by atoms with Gasteiger partial charge in [0.2, 0.25) is 0 Å². The fraction of sp³-hybridized carbons (Fsp3) is 0.500. The molecule has 0 amide bonds. The summed E-state index contributed by atoms with van der Waals surface area (Å²) in [7, 11) is 0. The summed E-state index contributed by atoms with van der Waals surface area (Å²) in [6.45, 7) is 4.19. The molecule has 2 aromatic rings. The molecule has 0 bridgehead atoms. The number of aromatic nitrogens is 2. The molecule has 0 radical (unpaired) electrons. The molecule has 1 aromatic heterocycles. The Labute approximate surface area is 129 Å². The quantitative estimate of drug-likeness (QED) is 0.798. The number of benzene rings is 1. The van der Waals surface area contributed by atoms with E-state index in [9.17, 15) is 9.18 Å². The number of halogens is 1. The van der Waals surface area contributed by atoms with Crippen LogP contribution in [-0.2, 0) is 16.1 Å². The second-order valence-corrected chi connectivity index (χ2v) is 5.24. The average molecular weight is 307 g/mol. The van der Waals surface area contributed by atoms with Crippen molar-refractivity contribution in [3.63, 3.8) is 0 Å². The second-order valence-electron chi connectivity index (χ2n) is 5.24. The van der Waals surface area contributed by atoms with E-state index < -0.39 is 0 Å². The third kappa shape index (κ3) is 3.62. The number of hydrogen-bond donors (Lipinski definition) is 1. The minimum Gasteiger partial charge on any atom is -0.465 e. The van der Waals surface area contributed by atoms with Gasteiger partial charge in [0.05, 0.1) is 23.7 Å². The molecule has 1 atom stereocenters. The van der Waals surface area contributed by atoms with Crippen LogP contribution in [0.2, 0.25) is 0 Å². The Balaban J connectivity index is 2.41. The predicted octanol–water partition coefficient (Wildman–Crippen LogP) is 2.93. The maximum atomic E-state index is 13.4. The maximum Gasteiger partial charge on any atom is 0.326 e. The molecule has 0 saturated carbocycles. The minimum atomic E-state index is -0.359. The Morgan fingerprint density at radius 2 is 2.23 bits per heavy atom. The van der Waals surface area contributed by atoms with E-state index in [0.717, 1.165) is 19.3 Å². The molecular formula is C16H22FN3O2. The second kappa shape index (κ2) is 7.35. The van der Waals surface area contributed by atoms with E-state index in [2.05, 4.69) is 11.9 Å². The van der Waals surface area contributed by atoms with Crippen molar-refractivity contribution in [3.8, 4) is 0 Å². The standard InChI is InChI=1S/C16H22FN3O2/c1-3-5-6-12(18)16-19-13-9-11(17)7-8-14(13)20(16)10-15(21)22-4-2/h7-9,12H,3-6,10,18H2,1-2H3. The number of imidazole rings is 1. The molecule has 1 unspecified atom stereocenters. The lowest BCUT2D eigenvalue weighted by molar-refractivity contribution is -0.143. The topological polar surface area (TPSA) is 70.1 Å². The van der Waals surface area contributed by atoms with Crippen molar-refractivity contribution in [3.05, 3.63) is 29.8 Å². The molecule has 1 aromatic carbocycles. The number of carbonyl (C=O) groups excluding carboxylic acids is 1. The van der Waals surface area contributed by atoms with Gasteiger partial charge in [0.15, 0.2) is 0 Å². The summed E-state index contributed by atoms with van der Waals surface area (Å²) in [5.74, 6) is -0.112. The molecule has 22 heavy (non-hydrogen) atoms. The fourth-order valence-corrected chi connectivity index (χ4v) is 2.46. The molecule has 0 spiro atoms. The van der Waals surface area contributed by atoms with Gasteiger partial charge >= 0.3 is 5.97 Å². The van der Waals surface area contributed by atoms with E-state index in [1.807, 2.05) is 0 Å². The van der Waals surface area contributed by atoms with Gasteiger partial charge in [0.1, 0.15) is 18.2 Å². The highest BCUT2D eigenvalue weighted by Crippen LogP contribution is 2.23. The first-order valence-corrected chi connectivity index (χ1v) is 7.63. The lowest BCUT2D eigenvalue weighted by atomic mass is 10.1. The molecule has 0 aliphatic rings. The number of hydrogen-bond acceptors (Lipinski definition) is 4. The molecule has 0 aliphatic carbocycles. The van der Waals surface area contributed by atoms with Gasteiger partial charge in [-0.3, -0.25) is 4.79 Å². The highest BCUT2D eigenvalue weighted by Gasteiger charge is 2.19. The van der Waals surface area contributed by atoms with Gasteiger partial charge in [-0.05, 0) is 25.5 Å². The Kier molecular flexibility index (Phi) is 5.49. The van der Waals surface area contributed by atoms with Gasteiger partial charge < -0.3 is 15.0 Å². The third-order valence-corrected chi connectivity index (χ3v) is 3.53. The average Bonchev–Trinajstić information content (AvgIpc) is 2.82. The molecule has 1 heterocycles. The van der Waals surface area contributed by atoms with Gasteiger partial charge in [-0.1, -0.05) is 19.8 Å². The lowest BCUT2D eigenvalue weighted by Crippen LogP contribution is -2.21. The highest BCUT2D eigenvalue weighted by atomic mass is 19.1. The molecule has 0 aliphatic heterocycles. The predicted molar refractivity (Wildman–Crippen MR) is 82.8 cm³/mol. The molecule has 6 heteroatoms. The third-order valence-electron chi connectivity index (χ3n) is 3.53. The van der Waals surface area contributed by atoms with Crippen molar-refractivity contribution in [2.45, 2.75) is 45.7 Å². The van der Waals surface area contributed by atoms with Crippen LogP contribution in [0.15, 0.2) is 18.2 Å². The van der Waals surface area contributed by atoms with Crippen LogP contribution in [0.4, 0.5) is 4.39 Å². The van der Waals surface area contributed by atoms with Gasteiger partial charge in [-0.15, -0.1) is 0 Å². The first kappa shape index (κ1) is 16.4. The zero-order chi connectivity index (χ0) is 16.1. The van der Waals surface area contributed by atoms with Crippen molar-refractivity contribution < 1.29 is 13.9 Å². The molecule has 0 saturated heterocycles. The molecular weight excluding hydrogens is 285 g/mol. The Bertz CT molecular complexity index is 654. The van der Waals surface area contributed by atoms with Gasteiger partial charge in [0, 0.05) is 6.07 Å². The summed E-state index contributed by atoms with van der Waals surface area (Å²) in [4.78, 5) is 16.3. The lowest BCUT2D eigenvalue weighted by Gasteiger charge is -2.14. The number of ether oxygens (including phenoxy) is 1. The van der Waals surface area contributed by atoms with Gasteiger partial charge in [0.25, 0.3) is 0 Å². The fourth-order valence-electron chi connectivity index (χ4n) is 2.46. The van der Waals surface area contributed by atoms with E-state index >= 15 is 0 Å². The largest absolute Gasteiger partial charge is 0.465 e. The normalized spacial score (nSPS) is 12.5. The smallest absolute Gasteiger partial charge is 0.326 e. The number of rotatable bonds is 7. The van der Waals surface area contributed by atoms with Crippen LogP contribution in [0.25, 0.3) is 11.0 Å². The van der Waals surface area contributed by atoms with Crippen molar-refractivity contribution in [2.24, 2.45) is 5.73 Å². The first-order valence-electron chi connectivity index (χ1n) is 7.63. The van der Waals surface area contributed by atoms with Crippen LogP contribution in [0, 0.1) is 5.82 Å². The molecule has 5 nitrogen and oxygen atoms in total. The van der Waals surface area contributed by atoms with Crippen LogP contribution in [0.5, 0.6) is 0 Å². The van der Waals surface area contributed by atoms with E-state index in [4.69, 9.17) is 10.5 Å². The summed E-state index contributed by atoms with van der Waals surface area (Å²) in [5.41, 5.74) is 7.40. The number of esters is 1. The Morgan fingerprint density at radius 1 is 1.45 bits per heavy atom. The number of carbonyl (C=O) groups is 1. The Hall–Kier alpha value is -1.95. The van der Waals surface area contributed by atoms with E-state index in [-0.39, 0.29) is 24.4 Å². The van der Waals surface area contributed by atoms with Crippen LogP contribution >= 0.6 is 0 Å². The minimum absolute atomic E-state index is 0.0329. The van der Waals surface area contributed by atoms with E-state index in [0.29, 0.717) is 23.5 Å². The van der Waals surface area contributed by atoms with Crippen molar-refractivity contribution in [1.29, 1.82) is 0 Å². The Morgan fingerprint density at radius 3 is 2.91 bits per heavy atom. The summed E-state index contributed by atoms with van der Waals surface area (Å²) in [6, 6.07) is 4.04. The van der Waals surface area contributed by atoms with Crippen molar-refractivity contribution >= 4 is 17.0 Å². The van der Waals surface area contributed by atoms with Crippen LogP contribution in [0.3, 0.4) is 0 Å².